The normalized spacial score (nSPS) is 13.6. The van der Waals surface area contributed by atoms with Gasteiger partial charge in [-0.3, -0.25) is 0 Å². The molecule has 0 aliphatic heterocycles. The molecule has 22 heavy (non-hydrogen) atoms. The Bertz CT molecular complexity index is 684. The monoisotopic (exact) mass is 290 g/mol. The lowest BCUT2D eigenvalue weighted by atomic mass is 9.94. The van der Waals surface area contributed by atoms with Crippen molar-refractivity contribution in [1.29, 1.82) is 0 Å². The molecule has 1 aliphatic rings. The van der Waals surface area contributed by atoms with Crippen molar-refractivity contribution >= 4 is 6.08 Å². The van der Waals surface area contributed by atoms with Gasteiger partial charge in [-0.15, -0.1) is 0 Å². The number of hydrogen-bond acceptors (Lipinski definition) is 0. The van der Waals surface area contributed by atoms with E-state index in [2.05, 4.69) is 76.2 Å². The summed E-state index contributed by atoms with van der Waals surface area (Å²) in [5.74, 6) is 1.32. The van der Waals surface area contributed by atoms with Crippen molar-refractivity contribution in [3.63, 3.8) is 0 Å². The number of allylic oxidation sites excluding steroid dienone is 1. The molecule has 0 heteroatoms. The molecule has 114 valence electrons. The van der Waals surface area contributed by atoms with E-state index in [4.69, 9.17) is 0 Å². The molecule has 0 nitrogen and oxygen atoms in total. The molecule has 0 radical (unpaired) electrons. The molecule has 2 aromatic carbocycles. The highest BCUT2D eigenvalue weighted by Gasteiger charge is 2.17. The van der Waals surface area contributed by atoms with Gasteiger partial charge in [0, 0.05) is 0 Å². The van der Waals surface area contributed by atoms with E-state index in [0.717, 1.165) is 12.3 Å². The minimum absolute atomic E-state index is 0.591. The first-order valence-corrected chi connectivity index (χ1v) is 8.46. The lowest BCUT2D eigenvalue weighted by Crippen LogP contribution is -1.91. The maximum Gasteiger partial charge on any atom is -0.00575 e. The molecule has 0 aromatic heterocycles. The molecule has 0 heterocycles. The second-order valence-corrected chi connectivity index (χ2v) is 7.23. The topological polar surface area (TPSA) is 0 Å². The largest absolute Gasteiger partial charge is 0.0649 e. The van der Waals surface area contributed by atoms with Gasteiger partial charge in [0.2, 0.25) is 0 Å². The average molecular weight is 290 g/mol. The Morgan fingerprint density at radius 3 is 2.27 bits per heavy atom. The first-order chi connectivity index (χ1) is 10.5. The van der Waals surface area contributed by atoms with Crippen molar-refractivity contribution in [3.8, 4) is 11.1 Å². The fourth-order valence-corrected chi connectivity index (χ4v) is 3.39. The average Bonchev–Trinajstić information content (AvgIpc) is 2.88. The zero-order chi connectivity index (χ0) is 15.7. The van der Waals surface area contributed by atoms with Crippen molar-refractivity contribution in [2.75, 3.05) is 0 Å². The Hall–Kier alpha value is -1.82. The minimum Gasteiger partial charge on any atom is -0.0649 e. The Morgan fingerprint density at radius 2 is 1.64 bits per heavy atom. The summed E-state index contributed by atoms with van der Waals surface area (Å²) in [5, 5.41) is 0. The maximum absolute atomic E-state index is 2.43. The fraction of sp³-hybridized carbons (Fsp3) is 0.364. The summed E-state index contributed by atoms with van der Waals surface area (Å²) >= 11 is 0. The Balaban J connectivity index is 1.96. The zero-order valence-corrected chi connectivity index (χ0v) is 14.2. The lowest BCUT2D eigenvalue weighted by molar-refractivity contribution is 0.638. The Morgan fingerprint density at radius 1 is 0.909 bits per heavy atom. The molecule has 0 fully saturated rings. The molecule has 3 rings (SSSR count). The molecule has 0 N–H and O–H groups in total. The highest BCUT2D eigenvalue weighted by atomic mass is 14.2. The van der Waals surface area contributed by atoms with Crippen LogP contribution in [0.4, 0.5) is 0 Å². The molecule has 0 bridgehead atoms. The van der Waals surface area contributed by atoms with Crippen molar-refractivity contribution in [2.45, 2.75) is 46.5 Å². The number of rotatable bonds is 4. The van der Waals surface area contributed by atoms with Crippen LogP contribution in [0.25, 0.3) is 17.2 Å². The van der Waals surface area contributed by atoms with Gasteiger partial charge < -0.3 is 0 Å². The second-order valence-electron chi connectivity index (χ2n) is 7.23. The van der Waals surface area contributed by atoms with Crippen LogP contribution in [-0.2, 0) is 6.42 Å². The second kappa shape index (κ2) is 6.12. The van der Waals surface area contributed by atoms with Crippen LogP contribution in [0.1, 0.15) is 56.7 Å². The van der Waals surface area contributed by atoms with E-state index >= 15 is 0 Å². The van der Waals surface area contributed by atoms with E-state index in [1.165, 1.54) is 34.2 Å². The molecule has 1 aliphatic carbocycles. The molecule has 0 spiro atoms. The maximum atomic E-state index is 2.43. The van der Waals surface area contributed by atoms with Crippen molar-refractivity contribution < 1.29 is 0 Å². The summed E-state index contributed by atoms with van der Waals surface area (Å²) in [6.45, 7) is 9.09. The Labute approximate surface area is 134 Å². The fourth-order valence-electron chi connectivity index (χ4n) is 3.39. The molecular weight excluding hydrogens is 264 g/mol. The van der Waals surface area contributed by atoms with E-state index < -0.39 is 0 Å². The minimum atomic E-state index is 0.591. The van der Waals surface area contributed by atoms with Crippen LogP contribution in [-0.4, -0.2) is 0 Å². The highest BCUT2D eigenvalue weighted by molar-refractivity contribution is 5.80. The van der Waals surface area contributed by atoms with Gasteiger partial charge in [0.15, 0.2) is 0 Å². The van der Waals surface area contributed by atoms with E-state index in [0.29, 0.717) is 5.92 Å². The van der Waals surface area contributed by atoms with Crippen LogP contribution in [0, 0.1) is 5.92 Å². The summed E-state index contributed by atoms with van der Waals surface area (Å²) in [6.07, 6.45) is 4.77. The van der Waals surface area contributed by atoms with Gasteiger partial charge in [-0.25, -0.2) is 0 Å². The molecule has 0 amide bonds. The van der Waals surface area contributed by atoms with Crippen molar-refractivity contribution in [1.82, 2.24) is 0 Å². The summed E-state index contributed by atoms with van der Waals surface area (Å²) in [6, 6.07) is 15.8. The third-order valence-corrected chi connectivity index (χ3v) is 4.52. The third-order valence-electron chi connectivity index (χ3n) is 4.52. The predicted molar refractivity (Wildman–Crippen MR) is 97.1 cm³/mol. The SMILES string of the molecule is CC(C)CC1=Cc2c(cccc2-c2ccc(C(C)C)cc2)C1. The molecule has 2 aromatic rings. The van der Waals surface area contributed by atoms with Crippen LogP contribution in [0.5, 0.6) is 0 Å². The van der Waals surface area contributed by atoms with Gasteiger partial charge in [0.05, 0.1) is 0 Å². The smallest absolute Gasteiger partial charge is 0.00575 e. The van der Waals surface area contributed by atoms with Gasteiger partial charge in [0.25, 0.3) is 0 Å². The number of hydrogen-bond donors (Lipinski definition) is 0. The van der Waals surface area contributed by atoms with Crippen LogP contribution in [0.3, 0.4) is 0 Å². The Kier molecular flexibility index (Phi) is 4.20. The zero-order valence-electron chi connectivity index (χ0n) is 14.2. The number of benzene rings is 2. The number of fused-ring (bicyclic) bond motifs is 1. The predicted octanol–water partition coefficient (Wildman–Crippen LogP) is 6.46. The first-order valence-electron chi connectivity index (χ1n) is 8.46. The molecule has 0 atom stereocenters. The quantitative estimate of drug-likeness (QED) is 0.606. The van der Waals surface area contributed by atoms with E-state index in [1.807, 2.05) is 0 Å². The summed E-state index contributed by atoms with van der Waals surface area (Å²) < 4.78 is 0. The first kappa shape index (κ1) is 15.1. The molecule has 0 saturated heterocycles. The highest BCUT2D eigenvalue weighted by Crippen LogP contribution is 2.36. The standard InChI is InChI=1S/C22H26/c1-15(2)12-17-13-20-6-5-7-21(22(20)14-17)19-10-8-18(9-11-19)16(3)4/h5-11,14-16H,12-13H2,1-4H3. The summed E-state index contributed by atoms with van der Waals surface area (Å²) in [7, 11) is 0. The van der Waals surface area contributed by atoms with E-state index in [1.54, 1.807) is 5.57 Å². The molecular formula is C22H26. The van der Waals surface area contributed by atoms with Crippen molar-refractivity contribution in [3.05, 3.63) is 64.7 Å². The summed E-state index contributed by atoms with van der Waals surface area (Å²) in [5.41, 5.74) is 8.63. The van der Waals surface area contributed by atoms with Crippen LogP contribution < -0.4 is 0 Å². The van der Waals surface area contributed by atoms with Crippen LogP contribution in [0.15, 0.2) is 48.0 Å². The van der Waals surface area contributed by atoms with E-state index in [9.17, 15) is 0 Å². The van der Waals surface area contributed by atoms with Gasteiger partial charge in [-0.1, -0.05) is 81.8 Å². The third kappa shape index (κ3) is 3.02. The van der Waals surface area contributed by atoms with Gasteiger partial charge in [-0.2, -0.15) is 0 Å². The van der Waals surface area contributed by atoms with Gasteiger partial charge >= 0.3 is 0 Å². The lowest BCUT2D eigenvalue weighted by Gasteiger charge is -2.10. The van der Waals surface area contributed by atoms with Crippen molar-refractivity contribution in [2.24, 2.45) is 5.92 Å². The molecule has 0 saturated carbocycles. The summed E-state index contributed by atoms with van der Waals surface area (Å²) in [4.78, 5) is 0. The molecule has 0 unspecified atom stereocenters. The van der Waals surface area contributed by atoms with Crippen LogP contribution >= 0.6 is 0 Å². The van der Waals surface area contributed by atoms with Gasteiger partial charge in [-0.05, 0) is 52.5 Å². The van der Waals surface area contributed by atoms with Gasteiger partial charge in [0.1, 0.15) is 0 Å². The van der Waals surface area contributed by atoms with Crippen LogP contribution in [0.2, 0.25) is 0 Å². The van der Waals surface area contributed by atoms with E-state index in [-0.39, 0.29) is 0 Å².